The number of anilines is 3. The zero-order chi connectivity index (χ0) is 32.8. The number of benzene rings is 7. The van der Waals surface area contributed by atoms with Crippen LogP contribution in [0.4, 0.5) is 17.1 Å². The lowest BCUT2D eigenvalue weighted by Crippen LogP contribution is -2.11. The van der Waals surface area contributed by atoms with Crippen LogP contribution in [0.15, 0.2) is 176 Å². The summed E-state index contributed by atoms with van der Waals surface area (Å²) < 4.78 is 0. The van der Waals surface area contributed by atoms with Crippen LogP contribution in [0, 0.1) is 0 Å². The average molecular weight is 632 g/mol. The van der Waals surface area contributed by atoms with Gasteiger partial charge in [0.05, 0.1) is 0 Å². The largest absolute Gasteiger partial charge is 0.310 e. The summed E-state index contributed by atoms with van der Waals surface area (Å²) in [7, 11) is 0. The Labute approximate surface area is 291 Å². The van der Waals surface area contributed by atoms with Gasteiger partial charge in [-0.2, -0.15) is 0 Å². The van der Waals surface area contributed by atoms with Gasteiger partial charge in [0.1, 0.15) is 0 Å². The van der Waals surface area contributed by atoms with E-state index in [1.165, 1.54) is 87.0 Å². The summed E-state index contributed by atoms with van der Waals surface area (Å²) in [4.78, 5) is 2.42. The third kappa shape index (κ3) is 6.71. The van der Waals surface area contributed by atoms with Crippen molar-refractivity contribution in [3.63, 3.8) is 0 Å². The molecule has 7 aromatic rings. The molecule has 0 fully saturated rings. The van der Waals surface area contributed by atoms with Gasteiger partial charge in [0.2, 0.25) is 0 Å². The van der Waals surface area contributed by atoms with Crippen LogP contribution in [-0.2, 0) is 12.8 Å². The smallest absolute Gasteiger partial charge is 0.0464 e. The molecule has 1 aliphatic rings. The molecule has 7 aromatic carbocycles. The van der Waals surface area contributed by atoms with Gasteiger partial charge < -0.3 is 4.90 Å². The molecule has 0 atom stereocenters. The minimum Gasteiger partial charge on any atom is -0.310 e. The highest BCUT2D eigenvalue weighted by atomic mass is 15.1. The third-order valence-electron chi connectivity index (χ3n) is 9.96. The fraction of sp³-hybridized carbons (Fsp3) is 0.125. The quantitative estimate of drug-likeness (QED) is 0.176. The van der Waals surface area contributed by atoms with Gasteiger partial charge in [-0.05, 0) is 124 Å². The first-order chi connectivity index (χ1) is 24.3. The molecule has 0 aliphatic heterocycles. The SMILES string of the molecule is c1ccc(-c2ccc(N(c3ccc(-c4cccc(-c5ccccc5)c4)cc3)c3ccc4c(c3)CCCCCCc3ccccc3-4)cc2)cc1. The van der Waals surface area contributed by atoms with Crippen molar-refractivity contribution in [1.82, 2.24) is 0 Å². The van der Waals surface area contributed by atoms with Gasteiger partial charge in [-0.1, -0.05) is 146 Å². The normalized spacial score (nSPS) is 12.8. The maximum absolute atomic E-state index is 2.45. The molecule has 238 valence electrons. The first kappa shape index (κ1) is 30.7. The summed E-state index contributed by atoms with van der Waals surface area (Å²) in [5, 5.41) is 0. The van der Waals surface area contributed by atoms with Crippen molar-refractivity contribution < 1.29 is 0 Å². The molecule has 0 bridgehead atoms. The van der Waals surface area contributed by atoms with Gasteiger partial charge >= 0.3 is 0 Å². The molecule has 0 saturated heterocycles. The zero-order valence-electron chi connectivity index (χ0n) is 27.9. The molecule has 0 unspecified atom stereocenters. The molecule has 0 N–H and O–H groups in total. The fourth-order valence-electron chi connectivity index (χ4n) is 7.37. The van der Waals surface area contributed by atoms with Gasteiger partial charge in [-0.25, -0.2) is 0 Å². The molecule has 0 amide bonds. The summed E-state index contributed by atoms with van der Waals surface area (Å²) in [5.41, 5.74) is 16.5. The molecule has 1 nitrogen and oxygen atoms in total. The number of hydrogen-bond acceptors (Lipinski definition) is 1. The minimum atomic E-state index is 1.09. The van der Waals surface area contributed by atoms with E-state index in [0.717, 1.165) is 24.2 Å². The second-order valence-electron chi connectivity index (χ2n) is 13.2. The Morgan fingerprint density at radius 3 is 1.37 bits per heavy atom. The van der Waals surface area contributed by atoms with E-state index in [1.807, 2.05) is 0 Å². The van der Waals surface area contributed by atoms with E-state index in [9.17, 15) is 0 Å². The van der Waals surface area contributed by atoms with E-state index in [-0.39, 0.29) is 0 Å². The highest BCUT2D eigenvalue weighted by Gasteiger charge is 2.18. The molecule has 0 aromatic heterocycles. The highest BCUT2D eigenvalue weighted by Crippen LogP contribution is 2.40. The Hall–Kier alpha value is -5.66. The van der Waals surface area contributed by atoms with Crippen molar-refractivity contribution >= 4 is 17.1 Å². The molecule has 8 rings (SSSR count). The minimum absolute atomic E-state index is 1.09. The van der Waals surface area contributed by atoms with Crippen molar-refractivity contribution in [2.75, 3.05) is 4.90 Å². The van der Waals surface area contributed by atoms with E-state index in [2.05, 4.69) is 181 Å². The predicted octanol–water partition coefficient (Wildman–Crippen LogP) is 13.5. The standard InChI is InChI=1S/C48H41N/c1-2-6-20-43-35-46(32-33-48(43)47-23-12-11-19-40(47)18-5-1)49(44-28-24-38(25-29-44)36-14-7-3-8-15-36)45-30-26-39(27-31-45)42-22-13-21-41(34-42)37-16-9-4-10-17-37/h3-4,7-17,19,21-35H,1-2,5-6,18,20H2. The summed E-state index contributed by atoms with van der Waals surface area (Å²) >= 11 is 0. The number of aryl methyl sites for hydroxylation is 2. The van der Waals surface area contributed by atoms with Gasteiger partial charge in [0.15, 0.2) is 0 Å². The van der Waals surface area contributed by atoms with Crippen molar-refractivity contribution in [2.45, 2.75) is 38.5 Å². The Morgan fingerprint density at radius 2 is 0.735 bits per heavy atom. The van der Waals surface area contributed by atoms with E-state index in [4.69, 9.17) is 0 Å². The first-order valence-electron chi connectivity index (χ1n) is 17.7. The van der Waals surface area contributed by atoms with E-state index in [1.54, 1.807) is 0 Å². The third-order valence-corrected chi connectivity index (χ3v) is 9.96. The molecule has 0 spiro atoms. The van der Waals surface area contributed by atoms with Crippen LogP contribution in [0.25, 0.3) is 44.5 Å². The highest BCUT2D eigenvalue weighted by molar-refractivity contribution is 5.83. The van der Waals surface area contributed by atoms with Crippen LogP contribution in [0.2, 0.25) is 0 Å². The second-order valence-corrected chi connectivity index (χ2v) is 13.2. The van der Waals surface area contributed by atoms with Crippen molar-refractivity contribution in [3.8, 4) is 44.5 Å². The maximum Gasteiger partial charge on any atom is 0.0464 e. The molecular formula is C48H41N. The Morgan fingerprint density at radius 1 is 0.286 bits per heavy atom. The van der Waals surface area contributed by atoms with Crippen LogP contribution in [0.1, 0.15) is 36.8 Å². The van der Waals surface area contributed by atoms with Crippen LogP contribution < -0.4 is 4.90 Å². The first-order valence-corrected chi connectivity index (χ1v) is 17.7. The monoisotopic (exact) mass is 631 g/mol. The molecule has 0 heterocycles. The van der Waals surface area contributed by atoms with E-state index in [0.29, 0.717) is 0 Å². The lowest BCUT2D eigenvalue weighted by molar-refractivity contribution is 0.638. The maximum atomic E-state index is 2.45. The Bertz CT molecular complexity index is 2150. The van der Waals surface area contributed by atoms with Gasteiger partial charge in [-0.3, -0.25) is 0 Å². The van der Waals surface area contributed by atoms with Gasteiger partial charge in [0.25, 0.3) is 0 Å². The zero-order valence-corrected chi connectivity index (χ0v) is 27.9. The van der Waals surface area contributed by atoms with Crippen LogP contribution in [-0.4, -0.2) is 0 Å². The number of fused-ring (bicyclic) bond motifs is 3. The molecular weight excluding hydrogens is 591 g/mol. The van der Waals surface area contributed by atoms with E-state index >= 15 is 0 Å². The predicted molar refractivity (Wildman–Crippen MR) is 209 cm³/mol. The lowest BCUT2D eigenvalue weighted by atomic mass is 9.88. The van der Waals surface area contributed by atoms with Crippen molar-refractivity contribution in [2.24, 2.45) is 0 Å². The number of hydrogen-bond donors (Lipinski definition) is 0. The summed E-state index contributed by atoms with van der Waals surface area (Å²) in [6, 6.07) is 64.4. The molecule has 0 radical (unpaired) electrons. The van der Waals surface area contributed by atoms with Gasteiger partial charge in [0, 0.05) is 17.1 Å². The number of rotatable bonds is 6. The molecule has 1 heteroatoms. The summed E-state index contributed by atoms with van der Waals surface area (Å²) in [5.74, 6) is 0. The van der Waals surface area contributed by atoms with Gasteiger partial charge in [-0.15, -0.1) is 0 Å². The summed E-state index contributed by atoms with van der Waals surface area (Å²) in [6.45, 7) is 0. The van der Waals surface area contributed by atoms with Crippen LogP contribution in [0.3, 0.4) is 0 Å². The van der Waals surface area contributed by atoms with E-state index < -0.39 is 0 Å². The average Bonchev–Trinajstić information content (AvgIpc) is 3.18. The Kier molecular flexibility index (Phi) is 8.90. The molecule has 0 saturated carbocycles. The van der Waals surface area contributed by atoms with Crippen molar-refractivity contribution in [3.05, 3.63) is 187 Å². The molecule has 49 heavy (non-hydrogen) atoms. The number of nitrogens with zero attached hydrogens (tertiary/aromatic N) is 1. The second kappa shape index (κ2) is 14.2. The summed E-state index contributed by atoms with van der Waals surface area (Å²) in [6.07, 6.45) is 7.31. The fourth-order valence-corrected chi connectivity index (χ4v) is 7.37. The Balaban J connectivity index is 1.20. The van der Waals surface area contributed by atoms with Crippen LogP contribution >= 0.6 is 0 Å². The van der Waals surface area contributed by atoms with Crippen molar-refractivity contribution in [1.29, 1.82) is 0 Å². The lowest BCUT2D eigenvalue weighted by Gasteiger charge is -2.27. The molecule has 1 aliphatic carbocycles. The van der Waals surface area contributed by atoms with Crippen LogP contribution in [0.5, 0.6) is 0 Å². The topological polar surface area (TPSA) is 3.24 Å².